The summed E-state index contributed by atoms with van der Waals surface area (Å²) in [5.74, 6) is 0.672. The average Bonchev–Trinajstić information content (AvgIpc) is 2.73. The van der Waals surface area contributed by atoms with Crippen molar-refractivity contribution in [3.63, 3.8) is 0 Å². The minimum atomic E-state index is -3.47. The lowest BCUT2D eigenvalue weighted by atomic mass is 10.2. The molecule has 0 radical (unpaired) electrons. The van der Waals surface area contributed by atoms with Crippen molar-refractivity contribution in [3.8, 4) is 0 Å². The van der Waals surface area contributed by atoms with Gasteiger partial charge in [-0.15, -0.1) is 0 Å². The van der Waals surface area contributed by atoms with Crippen LogP contribution in [0, 0.1) is 6.92 Å². The molecule has 0 aliphatic rings. The molecule has 0 fully saturated rings. The first-order chi connectivity index (χ1) is 8.49. The highest BCUT2D eigenvalue weighted by Crippen LogP contribution is 2.10. The molecule has 1 aromatic carbocycles. The van der Waals surface area contributed by atoms with Crippen LogP contribution in [-0.4, -0.2) is 18.0 Å². The molecule has 96 valence electrons. The molecular formula is C12H15N3O2S. The van der Waals surface area contributed by atoms with E-state index in [4.69, 9.17) is 0 Å². The van der Waals surface area contributed by atoms with Gasteiger partial charge in [-0.05, 0) is 19.1 Å². The monoisotopic (exact) mass is 265 g/mol. The molecule has 1 aromatic heterocycles. The summed E-state index contributed by atoms with van der Waals surface area (Å²) in [6.45, 7) is 2.09. The quantitative estimate of drug-likeness (QED) is 0.903. The molecule has 0 spiro atoms. The molecule has 0 aliphatic heterocycles. The largest absolute Gasteiger partial charge is 0.337 e. The van der Waals surface area contributed by atoms with Crippen LogP contribution in [0.4, 0.5) is 0 Å². The molecule has 2 rings (SSSR count). The first-order valence-electron chi connectivity index (χ1n) is 5.51. The van der Waals surface area contributed by atoms with Gasteiger partial charge in [0.15, 0.2) is 0 Å². The van der Waals surface area contributed by atoms with Gasteiger partial charge in [-0.3, -0.25) is 0 Å². The van der Waals surface area contributed by atoms with Crippen LogP contribution in [-0.2, 0) is 23.6 Å². The number of imidazole rings is 1. The second kappa shape index (κ2) is 4.91. The van der Waals surface area contributed by atoms with Crippen LogP contribution in [0.1, 0.15) is 11.4 Å². The molecule has 0 saturated carbocycles. The number of aryl methyl sites for hydroxylation is 2. The van der Waals surface area contributed by atoms with E-state index in [-0.39, 0.29) is 11.4 Å². The lowest BCUT2D eigenvalue weighted by molar-refractivity contribution is 0.577. The van der Waals surface area contributed by atoms with Gasteiger partial charge in [-0.2, -0.15) is 0 Å². The fourth-order valence-electron chi connectivity index (χ4n) is 1.53. The maximum Gasteiger partial charge on any atom is 0.240 e. The van der Waals surface area contributed by atoms with Crippen molar-refractivity contribution in [2.24, 2.45) is 7.05 Å². The molecule has 1 N–H and O–H groups in total. The Balaban J connectivity index is 2.13. The van der Waals surface area contributed by atoms with Gasteiger partial charge in [0, 0.05) is 19.4 Å². The van der Waals surface area contributed by atoms with Crippen molar-refractivity contribution in [2.75, 3.05) is 0 Å². The normalized spacial score (nSPS) is 11.7. The van der Waals surface area contributed by atoms with Crippen molar-refractivity contribution in [2.45, 2.75) is 18.4 Å². The number of benzene rings is 1. The lowest BCUT2D eigenvalue weighted by Gasteiger charge is -2.07. The molecule has 18 heavy (non-hydrogen) atoms. The number of nitrogens with zero attached hydrogens (tertiary/aromatic N) is 2. The van der Waals surface area contributed by atoms with Crippen LogP contribution in [0.2, 0.25) is 0 Å². The standard InChI is InChI=1S/C12H15N3O2S/c1-10-3-5-11(6-4-10)18(16,17)14-9-12-13-7-8-15(12)2/h3-8,14H,9H2,1-2H3. The molecule has 6 heteroatoms. The lowest BCUT2D eigenvalue weighted by Crippen LogP contribution is -2.24. The molecule has 0 bridgehead atoms. The van der Waals surface area contributed by atoms with Gasteiger partial charge in [0.05, 0.1) is 11.4 Å². The van der Waals surface area contributed by atoms with Crippen LogP contribution in [0.5, 0.6) is 0 Å². The van der Waals surface area contributed by atoms with E-state index in [0.29, 0.717) is 5.82 Å². The summed E-state index contributed by atoms with van der Waals surface area (Å²) in [5, 5.41) is 0. The highest BCUT2D eigenvalue weighted by Gasteiger charge is 2.14. The Kier molecular flexibility index (Phi) is 3.49. The summed E-state index contributed by atoms with van der Waals surface area (Å²) in [7, 11) is -1.65. The van der Waals surface area contributed by atoms with E-state index in [2.05, 4.69) is 9.71 Å². The van der Waals surface area contributed by atoms with Crippen molar-refractivity contribution in [3.05, 3.63) is 48.0 Å². The summed E-state index contributed by atoms with van der Waals surface area (Å²) < 4.78 is 28.3. The van der Waals surface area contributed by atoms with Gasteiger partial charge >= 0.3 is 0 Å². The number of sulfonamides is 1. The zero-order valence-electron chi connectivity index (χ0n) is 10.3. The Bertz CT molecular complexity index is 630. The maximum absolute atomic E-state index is 12.0. The van der Waals surface area contributed by atoms with Crippen molar-refractivity contribution in [1.82, 2.24) is 14.3 Å². The van der Waals surface area contributed by atoms with E-state index in [9.17, 15) is 8.42 Å². The summed E-state index contributed by atoms with van der Waals surface area (Å²) in [5.41, 5.74) is 1.03. The number of aromatic nitrogens is 2. The SMILES string of the molecule is Cc1ccc(S(=O)(=O)NCc2nccn2C)cc1. The van der Waals surface area contributed by atoms with E-state index in [1.165, 1.54) is 0 Å². The Hall–Kier alpha value is -1.66. The van der Waals surface area contributed by atoms with Gasteiger partial charge in [0.1, 0.15) is 5.82 Å². The topological polar surface area (TPSA) is 64.0 Å². The van der Waals surface area contributed by atoms with Crippen molar-refractivity contribution < 1.29 is 8.42 Å². The van der Waals surface area contributed by atoms with Crippen LogP contribution in [0.3, 0.4) is 0 Å². The van der Waals surface area contributed by atoms with Crippen LogP contribution in [0.25, 0.3) is 0 Å². The zero-order chi connectivity index (χ0) is 13.2. The average molecular weight is 265 g/mol. The van der Waals surface area contributed by atoms with Crippen LogP contribution < -0.4 is 4.72 Å². The molecule has 0 atom stereocenters. The zero-order valence-corrected chi connectivity index (χ0v) is 11.1. The summed E-state index contributed by atoms with van der Waals surface area (Å²) in [6.07, 6.45) is 3.41. The van der Waals surface area contributed by atoms with Crippen LogP contribution >= 0.6 is 0 Å². The third kappa shape index (κ3) is 2.77. The van der Waals surface area contributed by atoms with E-state index in [0.717, 1.165) is 5.56 Å². The molecule has 0 unspecified atom stereocenters. The fourth-order valence-corrected chi connectivity index (χ4v) is 2.51. The second-order valence-electron chi connectivity index (χ2n) is 4.09. The minimum absolute atomic E-state index is 0.180. The minimum Gasteiger partial charge on any atom is -0.337 e. The molecule has 1 heterocycles. The third-order valence-corrected chi connectivity index (χ3v) is 4.09. The van der Waals surface area contributed by atoms with Crippen molar-refractivity contribution in [1.29, 1.82) is 0 Å². The van der Waals surface area contributed by atoms with Gasteiger partial charge in [0.2, 0.25) is 10.0 Å². The number of nitrogens with one attached hydrogen (secondary N) is 1. The first kappa shape index (κ1) is 12.8. The highest BCUT2D eigenvalue weighted by atomic mass is 32.2. The van der Waals surface area contributed by atoms with Gasteiger partial charge in [-0.1, -0.05) is 17.7 Å². The highest BCUT2D eigenvalue weighted by molar-refractivity contribution is 7.89. The Morgan fingerprint density at radius 2 is 1.94 bits per heavy atom. The van der Waals surface area contributed by atoms with E-state index < -0.39 is 10.0 Å². The number of rotatable bonds is 4. The first-order valence-corrected chi connectivity index (χ1v) is 7.00. The fraction of sp³-hybridized carbons (Fsp3) is 0.250. The predicted octanol–water partition coefficient (Wildman–Crippen LogP) is 1.21. The summed E-state index contributed by atoms with van der Waals surface area (Å²) >= 11 is 0. The van der Waals surface area contributed by atoms with E-state index >= 15 is 0 Å². The van der Waals surface area contributed by atoms with E-state index in [1.54, 1.807) is 41.2 Å². The van der Waals surface area contributed by atoms with Gasteiger partial charge in [0.25, 0.3) is 0 Å². The Morgan fingerprint density at radius 1 is 1.28 bits per heavy atom. The summed E-state index contributed by atoms with van der Waals surface area (Å²) in [4.78, 5) is 4.33. The third-order valence-electron chi connectivity index (χ3n) is 2.67. The second-order valence-corrected chi connectivity index (χ2v) is 5.86. The molecule has 2 aromatic rings. The van der Waals surface area contributed by atoms with Gasteiger partial charge in [-0.25, -0.2) is 18.1 Å². The molecule has 0 saturated heterocycles. The Morgan fingerprint density at radius 3 is 2.50 bits per heavy atom. The molecule has 0 aliphatic carbocycles. The number of hydrogen-bond donors (Lipinski definition) is 1. The predicted molar refractivity (Wildman–Crippen MR) is 68.4 cm³/mol. The molecular weight excluding hydrogens is 250 g/mol. The molecule has 0 amide bonds. The Labute approximate surface area is 107 Å². The van der Waals surface area contributed by atoms with Gasteiger partial charge < -0.3 is 4.57 Å². The van der Waals surface area contributed by atoms with Crippen molar-refractivity contribution >= 4 is 10.0 Å². The molecule has 5 nitrogen and oxygen atoms in total. The maximum atomic E-state index is 12.0. The smallest absolute Gasteiger partial charge is 0.240 e. The number of hydrogen-bond acceptors (Lipinski definition) is 3. The van der Waals surface area contributed by atoms with E-state index in [1.807, 2.05) is 14.0 Å². The van der Waals surface area contributed by atoms with Crippen LogP contribution in [0.15, 0.2) is 41.6 Å². The summed E-state index contributed by atoms with van der Waals surface area (Å²) in [6, 6.07) is 6.73.